The highest BCUT2D eigenvalue weighted by molar-refractivity contribution is 7.92. The molecule has 11 heteroatoms. The number of phenols is 1. The number of hydrogen-bond acceptors (Lipinski definition) is 6. The van der Waals surface area contributed by atoms with Crippen LogP contribution in [0.5, 0.6) is 5.75 Å². The lowest BCUT2D eigenvalue weighted by atomic mass is 10.2. The quantitative estimate of drug-likeness (QED) is 0.716. The number of rotatable bonds is 4. The van der Waals surface area contributed by atoms with Crippen LogP contribution in [0, 0.1) is 0 Å². The van der Waals surface area contributed by atoms with E-state index in [1.54, 1.807) is 4.72 Å². The SMILES string of the molecule is CN(Cc1ccc(N2CC(=O)NS2(=O)=O)c(O)c1)S(C)(=O)=O. The fourth-order valence-corrected chi connectivity index (χ4v) is 3.46. The Kier molecular flexibility index (Phi) is 4.06. The summed E-state index contributed by atoms with van der Waals surface area (Å²) in [6.45, 7) is -0.394. The number of aromatic hydroxyl groups is 1. The van der Waals surface area contributed by atoms with Gasteiger partial charge in [-0.05, 0) is 17.7 Å². The van der Waals surface area contributed by atoms with E-state index >= 15 is 0 Å². The van der Waals surface area contributed by atoms with Crippen molar-refractivity contribution in [3.63, 3.8) is 0 Å². The van der Waals surface area contributed by atoms with Crippen LogP contribution in [0.2, 0.25) is 0 Å². The molecule has 1 aromatic rings. The average molecular weight is 349 g/mol. The van der Waals surface area contributed by atoms with Crippen LogP contribution in [-0.4, -0.2) is 52.0 Å². The third kappa shape index (κ3) is 3.31. The Bertz CT molecular complexity index is 818. The third-order valence-electron chi connectivity index (χ3n) is 3.10. The van der Waals surface area contributed by atoms with Gasteiger partial charge in [0.15, 0.2) is 0 Å². The number of benzene rings is 1. The van der Waals surface area contributed by atoms with E-state index in [0.717, 1.165) is 14.9 Å². The highest BCUT2D eigenvalue weighted by Gasteiger charge is 2.35. The molecule has 0 atom stereocenters. The van der Waals surface area contributed by atoms with Gasteiger partial charge < -0.3 is 5.11 Å². The first-order valence-corrected chi connectivity index (χ1v) is 9.36. The summed E-state index contributed by atoms with van der Waals surface area (Å²) in [4.78, 5) is 11.2. The van der Waals surface area contributed by atoms with Crippen LogP contribution in [0.3, 0.4) is 0 Å². The van der Waals surface area contributed by atoms with Crippen molar-refractivity contribution in [1.82, 2.24) is 9.03 Å². The maximum atomic E-state index is 11.7. The maximum Gasteiger partial charge on any atom is 0.326 e. The topological polar surface area (TPSA) is 124 Å². The summed E-state index contributed by atoms with van der Waals surface area (Å²) in [5.74, 6) is -1.06. The van der Waals surface area contributed by atoms with Crippen molar-refractivity contribution in [2.75, 3.05) is 24.2 Å². The molecule has 1 aliphatic heterocycles. The zero-order valence-corrected chi connectivity index (χ0v) is 13.5. The Morgan fingerprint density at radius 2 is 2.05 bits per heavy atom. The normalized spacial score (nSPS) is 17.8. The molecule has 9 nitrogen and oxygen atoms in total. The van der Waals surface area contributed by atoms with Gasteiger partial charge >= 0.3 is 10.2 Å². The van der Waals surface area contributed by atoms with E-state index in [1.807, 2.05) is 0 Å². The molecule has 1 heterocycles. The molecular weight excluding hydrogens is 334 g/mol. The van der Waals surface area contributed by atoms with Gasteiger partial charge in [0.25, 0.3) is 5.91 Å². The summed E-state index contributed by atoms with van der Waals surface area (Å²) in [5.41, 5.74) is 0.425. The van der Waals surface area contributed by atoms with Crippen LogP contribution < -0.4 is 9.03 Å². The van der Waals surface area contributed by atoms with Gasteiger partial charge in [-0.3, -0.25) is 4.79 Å². The summed E-state index contributed by atoms with van der Waals surface area (Å²) >= 11 is 0. The molecule has 0 aromatic heterocycles. The number of sulfonamides is 1. The van der Waals surface area contributed by atoms with Gasteiger partial charge in [0.1, 0.15) is 12.3 Å². The molecule has 2 rings (SSSR count). The minimum absolute atomic E-state index is 0.0244. The summed E-state index contributed by atoms with van der Waals surface area (Å²) in [5, 5.41) is 9.97. The molecule has 122 valence electrons. The van der Waals surface area contributed by atoms with E-state index in [-0.39, 0.29) is 18.0 Å². The van der Waals surface area contributed by atoms with Crippen LogP contribution in [0.4, 0.5) is 5.69 Å². The van der Waals surface area contributed by atoms with Gasteiger partial charge in [-0.1, -0.05) is 6.07 Å². The van der Waals surface area contributed by atoms with Crippen molar-refractivity contribution >= 4 is 31.8 Å². The van der Waals surface area contributed by atoms with Crippen LogP contribution in [0.1, 0.15) is 5.56 Å². The lowest BCUT2D eigenvalue weighted by Crippen LogP contribution is -2.29. The van der Waals surface area contributed by atoms with Gasteiger partial charge in [-0.15, -0.1) is 0 Å². The number of nitrogens with zero attached hydrogens (tertiary/aromatic N) is 2. The van der Waals surface area contributed by atoms with Crippen LogP contribution in [0.15, 0.2) is 18.2 Å². The van der Waals surface area contributed by atoms with Crippen molar-refractivity contribution < 1.29 is 26.7 Å². The molecular formula is C11H15N3O6S2. The first-order valence-electron chi connectivity index (χ1n) is 6.07. The molecule has 1 aromatic carbocycles. The zero-order chi connectivity index (χ0) is 16.7. The average Bonchev–Trinajstić information content (AvgIpc) is 2.61. The monoisotopic (exact) mass is 349 g/mol. The van der Waals surface area contributed by atoms with Crippen LogP contribution in [-0.2, 0) is 31.6 Å². The van der Waals surface area contributed by atoms with Crippen molar-refractivity contribution in [1.29, 1.82) is 0 Å². The Morgan fingerprint density at radius 1 is 1.41 bits per heavy atom. The van der Waals surface area contributed by atoms with Gasteiger partial charge in [0.2, 0.25) is 10.0 Å². The smallest absolute Gasteiger partial charge is 0.326 e. The lowest BCUT2D eigenvalue weighted by molar-refractivity contribution is -0.117. The van der Waals surface area contributed by atoms with Gasteiger partial charge in [-0.25, -0.2) is 21.8 Å². The highest BCUT2D eigenvalue weighted by Crippen LogP contribution is 2.31. The van der Waals surface area contributed by atoms with E-state index < -0.39 is 32.7 Å². The number of carbonyl (C=O) groups is 1. The number of carbonyl (C=O) groups excluding carboxylic acids is 1. The Labute approximate surface area is 128 Å². The first kappa shape index (κ1) is 16.5. The fourth-order valence-electron chi connectivity index (χ4n) is 1.91. The third-order valence-corrected chi connectivity index (χ3v) is 5.75. The first-order chi connectivity index (χ1) is 10.0. The molecule has 1 fully saturated rings. The zero-order valence-electron chi connectivity index (χ0n) is 11.8. The molecule has 0 radical (unpaired) electrons. The Hall–Kier alpha value is -1.85. The van der Waals surface area contributed by atoms with Crippen molar-refractivity contribution in [3.8, 4) is 5.75 Å². The summed E-state index contributed by atoms with van der Waals surface area (Å²) in [7, 11) is -6.00. The molecule has 1 amide bonds. The van der Waals surface area contributed by atoms with Crippen LogP contribution >= 0.6 is 0 Å². The number of nitrogens with one attached hydrogen (secondary N) is 1. The highest BCUT2D eigenvalue weighted by atomic mass is 32.2. The standard InChI is InChI=1S/C11H15N3O6S2/c1-13(21(2,17)18)6-8-3-4-9(10(15)5-8)14-7-11(16)12-22(14,19)20/h3-5,15H,6-7H2,1-2H3,(H,12,16). The minimum atomic E-state index is -4.00. The summed E-state index contributed by atoms with van der Waals surface area (Å²) in [6.07, 6.45) is 1.05. The van der Waals surface area contributed by atoms with Crippen molar-refractivity contribution in [2.45, 2.75) is 6.54 Å². The number of anilines is 1. The van der Waals surface area contributed by atoms with E-state index in [0.29, 0.717) is 5.56 Å². The van der Waals surface area contributed by atoms with E-state index in [4.69, 9.17) is 0 Å². The molecule has 1 aliphatic rings. The molecule has 0 bridgehead atoms. The fraction of sp³-hybridized carbons (Fsp3) is 0.364. The summed E-state index contributed by atoms with van der Waals surface area (Å²) < 4.78 is 49.7. The minimum Gasteiger partial charge on any atom is -0.506 e. The predicted octanol–water partition coefficient (Wildman–Crippen LogP) is -1.04. The van der Waals surface area contributed by atoms with Gasteiger partial charge in [0.05, 0.1) is 11.9 Å². The largest absolute Gasteiger partial charge is 0.506 e. The number of amides is 1. The van der Waals surface area contributed by atoms with Crippen molar-refractivity contribution in [2.24, 2.45) is 0 Å². The molecule has 2 N–H and O–H groups in total. The van der Waals surface area contributed by atoms with E-state index in [2.05, 4.69) is 0 Å². The van der Waals surface area contributed by atoms with Gasteiger partial charge in [0, 0.05) is 13.6 Å². The van der Waals surface area contributed by atoms with E-state index in [9.17, 15) is 26.7 Å². The second kappa shape index (κ2) is 5.41. The second-order valence-corrected chi connectivity index (χ2v) is 8.56. The maximum absolute atomic E-state index is 11.7. The molecule has 22 heavy (non-hydrogen) atoms. The second-order valence-electron chi connectivity index (χ2n) is 4.88. The number of hydrogen-bond donors (Lipinski definition) is 2. The predicted molar refractivity (Wildman–Crippen MR) is 78.8 cm³/mol. The molecule has 1 saturated heterocycles. The molecule has 0 aliphatic carbocycles. The Morgan fingerprint density at radius 3 is 2.50 bits per heavy atom. The van der Waals surface area contributed by atoms with Gasteiger partial charge in [-0.2, -0.15) is 8.42 Å². The summed E-state index contributed by atoms with van der Waals surface area (Å²) in [6, 6.07) is 4.06. The van der Waals surface area contributed by atoms with Crippen molar-refractivity contribution in [3.05, 3.63) is 23.8 Å². The van der Waals surface area contributed by atoms with E-state index in [1.165, 1.54) is 25.2 Å². The molecule has 0 unspecified atom stereocenters. The molecule has 0 spiro atoms. The molecule has 0 saturated carbocycles. The lowest BCUT2D eigenvalue weighted by Gasteiger charge is -2.18. The van der Waals surface area contributed by atoms with Crippen LogP contribution in [0.25, 0.3) is 0 Å². The Balaban J connectivity index is 2.30. The number of phenolic OH excluding ortho intramolecular Hbond substituents is 1.